The first-order valence-corrected chi connectivity index (χ1v) is 4.78. The van der Waals surface area contributed by atoms with Gasteiger partial charge in [-0.05, 0) is 0 Å². The molecule has 1 aromatic rings. The normalized spacial score (nSPS) is 12.1. The minimum Gasteiger partial charge on any atom is -0.478 e. The van der Waals surface area contributed by atoms with Crippen molar-refractivity contribution < 1.29 is 19.1 Å². The van der Waals surface area contributed by atoms with E-state index in [1.807, 2.05) is 0 Å². The Morgan fingerprint density at radius 1 is 1.57 bits per heavy atom. The number of rotatable bonds is 3. The number of aromatic carboxylic acids is 1. The average Bonchev–Trinajstić information content (AvgIpc) is 2.52. The van der Waals surface area contributed by atoms with E-state index in [9.17, 15) is 14.0 Å². The maximum absolute atomic E-state index is 12.2. The number of thiophene rings is 1. The van der Waals surface area contributed by atoms with E-state index in [0.29, 0.717) is 0 Å². The highest BCUT2D eigenvalue weighted by atomic mass is 35.5. The van der Waals surface area contributed by atoms with Gasteiger partial charge >= 0.3 is 5.97 Å². The first-order chi connectivity index (χ1) is 6.52. The van der Waals surface area contributed by atoms with Crippen LogP contribution < -0.4 is 5.32 Å². The Balaban J connectivity index is 2.82. The third-order valence-corrected chi connectivity index (χ3v) is 2.29. The standard InChI is InChI=1S/C7H5ClFNO3S/c8-5(9)6(11)10-4-2-14-1-3(4)7(12)13/h1-2,5H,(H,10,11)(H,12,13). The smallest absolute Gasteiger partial charge is 0.338 e. The van der Waals surface area contributed by atoms with Crippen LogP contribution in [-0.2, 0) is 4.79 Å². The Labute approximate surface area is 87.3 Å². The molecule has 1 rings (SSSR count). The second kappa shape index (κ2) is 4.39. The van der Waals surface area contributed by atoms with E-state index in [-0.39, 0.29) is 11.3 Å². The molecule has 2 N–H and O–H groups in total. The molecule has 7 heteroatoms. The number of anilines is 1. The van der Waals surface area contributed by atoms with Crippen molar-refractivity contribution in [2.24, 2.45) is 0 Å². The van der Waals surface area contributed by atoms with Crippen LogP contribution in [0.1, 0.15) is 10.4 Å². The van der Waals surface area contributed by atoms with Crippen molar-refractivity contribution in [2.75, 3.05) is 5.32 Å². The molecule has 4 nitrogen and oxygen atoms in total. The van der Waals surface area contributed by atoms with Crippen molar-refractivity contribution in [3.8, 4) is 0 Å². The van der Waals surface area contributed by atoms with Crippen LogP contribution in [0.2, 0.25) is 0 Å². The number of hydrogen-bond donors (Lipinski definition) is 2. The predicted octanol–water partition coefficient (Wildman–Crippen LogP) is 1.92. The number of carbonyl (C=O) groups is 2. The fourth-order valence-electron chi connectivity index (χ4n) is 0.747. The highest BCUT2D eigenvalue weighted by Crippen LogP contribution is 2.21. The van der Waals surface area contributed by atoms with Crippen molar-refractivity contribution in [1.29, 1.82) is 0 Å². The fraction of sp³-hybridized carbons (Fsp3) is 0.143. The molecule has 1 amide bonds. The maximum atomic E-state index is 12.2. The van der Waals surface area contributed by atoms with Crippen LogP contribution in [0, 0.1) is 0 Å². The Kier molecular flexibility index (Phi) is 3.43. The molecule has 0 aliphatic rings. The van der Waals surface area contributed by atoms with Gasteiger partial charge in [0.25, 0.3) is 11.5 Å². The van der Waals surface area contributed by atoms with E-state index in [1.165, 1.54) is 10.8 Å². The second-order valence-electron chi connectivity index (χ2n) is 2.29. The van der Waals surface area contributed by atoms with Gasteiger partial charge in [0.2, 0.25) is 0 Å². The van der Waals surface area contributed by atoms with Gasteiger partial charge in [0.1, 0.15) is 0 Å². The zero-order valence-electron chi connectivity index (χ0n) is 6.66. The molecular formula is C7H5ClFNO3S. The van der Waals surface area contributed by atoms with Crippen molar-refractivity contribution in [2.45, 2.75) is 5.63 Å². The number of amides is 1. The van der Waals surface area contributed by atoms with Crippen LogP contribution in [0.5, 0.6) is 0 Å². The Morgan fingerprint density at radius 2 is 2.21 bits per heavy atom. The van der Waals surface area contributed by atoms with E-state index >= 15 is 0 Å². The lowest BCUT2D eigenvalue weighted by molar-refractivity contribution is -0.118. The molecule has 0 radical (unpaired) electrons. The summed E-state index contributed by atoms with van der Waals surface area (Å²) in [7, 11) is 0. The highest BCUT2D eigenvalue weighted by molar-refractivity contribution is 7.08. The molecule has 0 aromatic carbocycles. The maximum Gasteiger partial charge on any atom is 0.338 e. The minimum absolute atomic E-state index is 0.0517. The number of alkyl halides is 2. The van der Waals surface area contributed by atoms with Crippen LogP contribution >= 0.6 is 22.9 Å². The number of carbonyl (C=O) groups excluding carboxylic acids is 1. The van der Waals surface area contributed by atoms with Gasteiger partial charge in [-0.2, -0.15) is 0 Å². The van der Waals surface area contributed by atoms with Crippen molar-refractivity contribution >= 4 is 40.5 Å². The summed E-state index contributed by atoms with van der Waals surface area (Å²) in [5, 5.41) is 13.4. The Bertz CT molecular complexity index is 366. The summed E-state index contributed by atoms with van der Waals surface area (Å²) in [5.41, 5.74) is -2.21. The molecule has 1 aromatic heterocycles. The molecule has 76 valence electrons. The van der Waals surface area contributed by atoms with Crippen LogP contribution in [0.15, 0.2) is 10.8 Å². The van der Waals surface area contributed by atoms with E-state index in [4.69, 9.17) is 16.7 Å². The summed E-state index contributed by atoms with van der Waals surface area (Å²) in [6, 6.07) is 0. The molecule has 0 spiro atoms. The number of halogens is 2. The van der Waals surface area contributed by atoms with Crippen molar-refractivity contribution in [3.63, 3.8) is 0 Å². The van der Waals surface area contributed by atoms with Gasteiger partial charge in [-0.3, -0.25) is 4.79 Å². The number of hydrogen-bond acceptors (Lipinski definition) is 3. The predicted molar refractivity (Wildman–Crippen MR) is 50.7 cm³/mol. The minimum atomic E-state index is -2.18. The summed E-state index contributed by atoms with van der Waals surface area (Å²) in [4.78, 5) is 21.3. The molecule has 0 saturated carbocycles. The van der Waals surface area contributed by atoms with Gasteiger partial charge in [-0.25, -0.2) is 9.18 Å². The van der Waals surface area contributed by atoms with Crippen LogP contribution in [0.25, 0.3) is 0 Å². The summed E-state index contributed by atoms with van der Waals surface area (Å²) < 4.78 is 12.2. The fourth-order valence-corrected chi connectivity index (χ4v) is 1.56. The van der Waals surface area contributed by atoms with Crippen LogP contribution in [-0.4, -0.2) is 22.6 Å². The average molecular weight is 238 g/mol. The number of carboxylic acid groups (broad SMARTS) is 1. The summed E-state index contributed by atoms with van der Waals surface area (Å²) in [6.45, 7) is 0. The molecule has 1 unspecified atom stereocenters. The summed E-state index contributed by atoms with van der Waals surface area (Å²) >= 11 is 5.94. The van der Waals surface area contributed by atoms with Gasteiger partial charge in [0.05, 0.1) is 11.3 Å². The zero-order valence-corrected chi connectivity index (χ0v) is 8.23. The van der Waals surface area contributed by atoms with Gasteiger partial charge in [0, 0.05) is 10.8 Å². The molecule has 0 saturated heterocycles. The van der Waals surface area contributed by atoms with E-state index < -0.39 is 17.5 Å². The van der Waals surface area contributed by atoms with E-state index in [2.05, 4.69) is 5.32 Å². The first kappa shape index (κ1) is 10.9. The second-order valence-corrected chi connectivity index (χ2v) is 3.42. The quantitative estimate of drug-likeness (QED) is 0.790. The number of nitrogens with one attached hydrogen (secondary N) is 1. The molecular weight excluding hydrogens is 233 g/mol. The van der Waals surface area contributed by atoms with Crippen LogP contribution in [0.4, 0.5) is 10.1 Å². The summed E-state index contributed by atoms with van der Waals surface area (Å²) in [5.74, 6) is -2.26. The molecule has 0 bridgehead atoms. The lowest BCUT2D eigenvalue weighted by atomic mass is 10.3. The third-order valence-electron chi connectivity index (χ3n) is 1.35. The molecule has 1 heterocycles. The van der Waals surface area contributed by atoms with Crippen molar-refractivity contribution in [1.82, 2.24) is 0 Å². The van der Waals surface area contributed by atoms with Gasteiger partial charge in [-0.15, -0.1) is 11.3 Å². The summed E-state index contributed by atoms with van der Waals surface area (Å²) in [6.07, 6.45) is 0. The van der Waals surface area contributed by atoms with Gasteiger partial charge in [0.15, 0.2) is 0 Å². The van der Waals surface area contributed by atoms with Gasteiger partial charge in [-0.1, -0.05) is 11.6 Å². The monoisotopic (exact) mass is 237 g/mol. The Morgan fingerprint density at radius 3 is 2.71 bits per heavy atom. The number of carboxylic acids is 1. The van der Waals surface area contributed by atoms with Gasteiger partial charge < -0.3 is 10.4 Å². The van der Waals surface area contributed by atoms with E-state index in [0.717, 1.165) is 11.3 Å². The largest absolute Gasteiger partial charge is 0.478 e. The Hall–Kier alpha value is -1.14. The molecule has 0 fully saturated rings. The zero-order chi connectivity index (χ0) is 10.7. The SMILES string of the molecule is O=C(O)c1cscc1NC(=O)C(F)Cl. The van der Waals surface area contributed by atoms with E-state index in [1.54, 1.807) is 0 Å². The lowest BCUT2D eigenvalue weighted by Crippen LogP contribution is -2.20. The molecule has 0 aliphatic heterocycles. The highest BCUT2D eigenvalue weighted by Gasteiger charge is 2.17. The molecule has 0 aliphatic carbocycles. The lowest BCUT2D eigenvalue weighted by Gasteiger charge is -2.03. The third kappa shape index (κ3) is 2.43. The van der Waals surface area contributed by atoms with Crippen molar-refractivity contribution in [3.05, 3.63) is 16.3 Å². The molecule has 14 heavy (non-hydrogen) atoms. The first-order valence-electron chi connectivity index (χ1n) is 3.41. The molecule has 1 atom stereocenters. The topological polar surface area (TPSA) is 66.4 Å². The van der Waals surface area contributed by atoms with Crippen LogP contribution in [0.3, 0.4) is 0 Å².